The van der Waals surface area contributed by atoms with Crippen molar-refractivity contribution in [2.45, 2.75) is 26.2 Å². The van der Waals surface area contributed by atoms with Crippen LogP contribution in [0.3, 0.4) is 0 Å². The van der Waals surface area contributed by atoms with Crippen molar-refractivity contribution in [3.05, 3.63) is 33.4 Å². The second kappa shape index (κ2) is 6.04. The van der Waals surface area contributed by atoms with Crippen LogP contribution < -0.4 is 0 Å². The van der Waals surface area contributed by atoms with Crippen molar-refractivity contribution in [3.8, 4) is 11.8 Å². The Bertz CT molecular complexity index is 317. The standard InChI is InChI=1S/C12H13I/c1-2-3-4-5-8-11-9-6-7-10-12(11)13/h6-7,9-10H,2-4H2,1H3. The predicted molar refractivity (Wildman–Crippen MR) is 65.6 cm³/mol. The number of rotatable bonds is 2. The third-order valence-electron chi connectivity index (χ3n) is 1.75. The first-order chi connectivity index (χ1) is 6.34. The van der Waals surface area contributed by atoms with Gasteiger partial charge in [-0.25, -0.2) is 0 Å². The van der Waals surface area contributed by atoms with Crippen molar-refractivity contribution in [1.82, 2.24) is 0 Å². The van der Waals surface area contributed by atoms with E-state index in [2.05, 4.69) is 53.5 Å². The van der Waals surface area contributed by atoms with Crippen LogP contribution in [0.1, 0.15) is 31.7 Å². The maximum absolute atomic E-state index is 3.19. The van der Waals surface area contributed by atoms with Crippen molar-refractivity contribution in [2.24, 2.45) is 0 Å². The summed E-state index contributed by atoms with van der Waals surface area (Å²) >= 11 is 2.32. The van der Waals surface area contributed by atoms with Gasteiger partial charge in [0.1, 0.15) is 0 Å². The summed E-state index contributed by atoms with van der Waals surface area (Å²) in [5, 5.41) is 0. The van der Waals surface area contributed by atoms with Crippen LogP contribution in [-0.2, 0) is 0 Å². The van der Waals surface area contributed by atoms with E-state index in [-0.39, 0.29) is 0 Å². The summed E-state index contributed by atoms with van der Waals surface area (Å²) in [5.74, 6) is 6.38. The lowest BCUT2D eigenvalue weighted by molar-refractivity contribution is 0.828. The van der Waals surface area contributed by atoms with E-state index in [0.717, 1.165) is 12.0 Å². The molecule has 0 saturated carbocycles. The largest absolute Gasteiger partial charge is 0.0979 e. The molecule has 13 heavy (non-hydrogen) atoms. The highest BCUT2D eigenvalue weighted by molar-refractivity contribution is 14.1. The minimum absolute atomic E-state index is 1.02. The summed E-state index contributed by atoms with van der Waals surface area (Å²) < 4.78 is 1.24. The Morgan fingerprint density at radius 2 is 2.08 bits per heavy atom. The van der Waals surface area contributed by atoms with Gasteiger partial charge >= 0.3 is 0 Å². The predicted octanol–water partition coefficient (Wildman–Crippen LogP) is 3.83. The van der Waals surface area contributed by atoms with Crippen LogP contribution in [0.4, 0.5) is 0 Å². The first-order valence-electron chi connectivity index (χ1n) is 4.58. The van der Waals surface area contributed by atoms with Gasteiger partial charge in [0.05, 0.1) is 0 Å². The van der Waals surface area contributed by atoms with Gasteiger partial charge in [-0.15, -0.1) is 0 Å². The smallest absolute Gasteiger partial charge is 0.0378 e. The summed E-state index contributed by atoms with van der Waals surface area (Å²) in [4.78, 5) is 0. The van der Waals surface area contributed by atoms with Crippen LogP contribution in [0.15, 0.2) is 24.3 Å². The zero-order valence-electron chi connectivity index (χ0n) is 7.81. The average Bonchev–Trinajstić information content (AvgIpc) is 2.15. The topological polar surface area (TPSA) is 0 Å². The molecule has 0 saturated heterocycles. The van der Waals surface area contributed by atoms with Gasteiger partial charge in [0, 0.05) is 15.6 Å². The third kappa shape index (κ3) is 3.82. The van der Waals surface area contributed by atoms with Crippen LogP contribution in [0.5, 0.6) is 0 Å². The monoisotopic (exact) mass is 284 g/mol. The van der Waals surface area contributed by atoms with Gasteiger partial charge in [0.25, 0.3) is 0 Å². The van der Waals surface area contributed by atoms with Gasteiger partial charge in [-0.3, -0.25) is 0 Å². The molecule has 0 fully saturated rings. The maximum Gasteiger partial charge on any atom is 0.0378 e. The Labute approximate surface area is 93.9 Å². The average molecular weight is 284 g/mol. The van der Waals surface area contributed by atoms with Gasteiger partial charge in [-0.1, -0.05) is 37.3 Å². The normalized spacial score (nSPS) is 9.08. The Hall–Kier alpha value is -0.490. The summed E-state index contributed by atoms with van der Waals surface area (Å²) in [6, 6.07) is 8.23. The molecule has 1 heteroatoms. The molecule has 0 spiro atoms. The van der Waals surface area contributed by atoms with Gasteiger partial charge in [-0.05, 0) is 41.1 Å². The highest BCUT2D eigenvalue weighted by atomic mass is 127. The molecule has 0 aliphatic carbocycles. The van der Waals surface area contributed by atoms with Crippen LogP contribution in [0, 0.1) is 15.4 Å². The van der Waals surface area contributed by atoms with Gasteiger partial charge in [0.15, 0.2) is 0 Å². The fourth-order valence-corrected chi connectivity index (χ4v) is 1.51. The molecule has 0 amide bonds. The van der Waals surface area contributed by atoms with Gasteiger partial charge in [0.2, 0.25) is 0 Å². The minimum atomic E-state index is 1.02. The highest BCUT2D eigenvalue weighted by Gasteiger charge is 1.91. The van der Waals surface area contributed by atoms with Crippen LogP contribution >= 0.6 is 22.6 Å². The van der Waals surface area contributed by atoms with Gasteiger partial charge in [-0.2, -0.15) is 0 Å². The molecule has 0 aromatic heterocycles. The Morgan fingerprint density at radius 1 is 1.31 bits per heavy atom. The molecule has 0 heterocycles. The Kier molecular flexibility index (Phi) is 4.92. The SMILES string of the molecule is CCCCC#Cc1ccccc1I. The number of halogens is 1. The van der Waals surface area contributed by atoms with Crippen LogP contribution in [0.25, 0.3) is 0 Å². The maximum atomic E-state index is 3.19. The summed E-state index contributed by atoms with van der Waals surface area (Å²) in [6.45, 7) is 2.19. The molecular formula is C12H13I. The van der Waals surface area contributed by atoms with Crippen LogP contribution in [-0.4, -0.2) is 0 Å². The van der Waals surface area contributed by atoms with E-state index in [1.165, 1.54) is 16.4 Å². The van der Waals surface area contributed by atoms with E-state index in [4.69, 9.17) is 0 Å². The van der Waals surface area contributed by atoms with Crippen molar-refractivity contribution in [2.75, 3.05) is 0 Å². The highest BCUT2D eigenvalue weighted by Crippen LogP contribution is 2.09. The molecule has 1 aromatic rings. The molecule has 1 aromatic carbocycles. The van der Waals surface area contributed by atoms with Crippen molar-refractivity contribution in [1.29, 1.82) is 0 Å². The fourth-order valence-electron chi connectivity index (χ4n) is 0.985. The zero-order valence-corrected chi connectivity index (χ0v) is 9.97. The number of benzene rings is 1. The molecule has 0 N–H and O–H groups in total. The Balaban J connectivity index is 2.61. The Morgan fingerprint density at radius 3 is 2.77 bits per heavy atom. The lowest BCUT2D eigenvalue weighted by Crippen LogP contribution is -1.79. The van der Waals surface area contributed by atoms with Crippen molar-refractivity contribution < 1.29 is 0 Å². The summed E-state index contributed by atoms with van der Waals surface area (Å²) in [5.41, 5.74) is 1.15. The van der Waals surface area contributed by atoms with E-state index in [1.807, 2.05) is 12.1 Å². The first kappa shape index (κ1) is 10.6. The molecular weight excluding hydrogens is 271 g/mol. The molecule has 0 radical (unpaired) electrons. The molecule has 68 valence electrons. The molecule has 0 unspecified atom stereocenters. The second-order valence-corrected chi connectivity index (χ2v) is 4.05. The molecule has 0 atom stereocenters. The zero-order chi connectivity index (χ0) is 9.52. The van der Waals surface area contributed by atoms with E-state index in [0.29, 0.717) is 0 Å². The van der Waals surface area contributed by atoms with Crippen LogP contribution in [0.2, 0.25) is 0 Å². The molecule has 0 bridgehead atoms. The van der Waals surface area contributed by atoms with E-state index >= 15 is 0 Å². The molecule has 0 nitrogen and oxygen atoms in total. The minimum Gasteiger partial charge on any atom is -0.0979 e. The van der Waals surface area contributed by atoms with E-state index < -0.39 is 0 Å². The van der Waals surface area contributed by atoms with Crippen molar-refractivity contribution in [3.63, 3.8) is 0 Å². The lowest BCUT2D eigenvalue weighted by Gasteiger charge is -1.92. The van der Waals surface area contributed by atoms with Gasteiger partial charge < -0.3 is 0 Å². The first-order valence-corrected chi connectivity index (χ1v) is 5.66. The second-order valence-electron chi connectivity index (χ2n) is 2.89. The molecule has 1 rings (SSSR count). The number of unbranched alkanes of at least 4 members (excludes halogenated alkanes) is 2. The molecule has 0 aliphatic heterocycles. The third-order valence-corrected chi connectivity index (χ3v) is 2.69. The van der Waals surface area contributed by atoms with Crippen molar-refractivity contribution >= 4 is 22.6 Å². The van der Waals surface area contributed by atoms with E-state index in [9.17, 15) is 0 Å². The summed E-state index contributed by atoms with van der Waals surface area (Å²) in [7, 11) is 0. The quantitative estimate of drug-likeness (QED) is 0.440. The molecule has 0 aliphatic rings. The lowest BCUT2D eigenvalue weighted by atomic mass is 10.2. The van der Waals surface area contributed by atoms with E-state index in [1.54, 1.807) is 0 Å². The number of hydrogen-bond acceptors (Lipinski definition) is 0. The fraction of sp³-hybridized carbons (Fsp3) is 0.333. The summed E-state index contributed by atoms with van der Waals surface area (Å²) in [6.07, 6.45) is 3.44. The number of hydrogen-bond donors (Lipinski definition) is 0.